The second-order valence-corrected chi connectivity index (χ2v) is 4.09. The summed E-state index contributed by atoms with van der Waals surface area (Å²) in [6.07, 6.45) is 3.00. The van der Waals surface area contributed by atoms with E-state index in [1.54, 1.807) is 19.2 Å². The van der Waals surface area contributed by atoms with Crippen molar-refractivity contribution in [3.05, 3.63) is 35.9 Å². The maximum Gasteiger partial charge on any atom is 0.287 e. The number of aromatic amines is 1. The molecule has 0 bridgehead atoms. The predicted octanol–water partition coefficient (Wildman–Crippen LogP) is 1.07. The summed E-state index contributed by atoms with van der Waals surface area (Å²) in [5.74, 6) is -0.0947. The number of nitrogens with zero attached hydrogens (tertiary/aromatic N) is 1. The zero-order chi connectivity index (χ0) is 13.8. The number of H-pyrrole nitrogens is 1. The van der Waals surface area contributed by atoms with Gasteiger partial charge in [0, 0.05) is 5.56 Å². The predicted molar refractivity (Wildman–Crippen MR) is 67.6 cm³/mol. The van der Waals surface area contributed by atoms with Crippen LogP contribution in [0.5, 0.6) is 0 Å². The molecule has 0 fully saturated rings. The molecule has 0 aromatic carbocycles. The molecule has 3 N–H and O–H groups in total. The molecule has 2 aromatic heterocycles. The topological polar surface area (TPSA) is 100 Å². The molecule has 2 aromatic rings. The van der Waals surface area contributed by atoms with Crippen LogP contribution in [-0.2, 0) is 4.79 Å². The molecule has 0 saturated heterocycles. The summed E-state index contributed by atoms with van der Waals surface area (Å²) in [5.41, 5.74) is 0.818. The van der Waals surface area contributed by atoms with Crippen molar-refractivity contribution in [1.82, 2.24) is 15.5 Å². The van der Waals surface area contributed by atoms with Crippen LogP contribution < -0.4 is 10.6 Å². The van der Waals surface area contributed by atoms with Crippen molar-refractivity contribution in [2.24, 2.45) is 0 Å². The first kappa shape index (κ1) is 12.9. The summed E-state index contributed by atoms with van der Waals surface area (Å²) in [6.45, 7) is 3.40. The Morgan fingerprint density at radius 1 is 1.47 bits per heavy atom. The molecule has 7 heteroatoms. The van der Waals surface area contributed by atoms with Crippen molar-refractivity contribution in [1.29, 1.82) is 0 Å². The number of amides is 2. The van der Waals surface area contributed by atoms with Gasteiger partial charge in [-0.1, -0.05) is 0 Å². The van der Waals surface area contributed by atoms with E-state index >= 15 is 0 Å². The molecule has 0 spiro atoms. The summed E-state index contributed by atoms with van der Waals surface area (Å²) in [6, 6.07) is 2.44. The lowest BCUT2D eigenvalue weighted by molar-refractivity contribution is -0.117. The molecule has 0 aliphatic carbocycles. The van der Waals surface area contributed by atoms with Crippen LogP contribution in [0.1, 0.15) is 23.0 Å². The minimum atomic E-state index is -0.694. The summed E-state index contributed by atoms with van der Waals surface area (Å²) in [5, 5.41) is 11.6. The first-order valence-electron chi connectivity index (χ1n) is 5.73. The number of aryl methyl sites for hydroxylation is 1. The van der Waals surface area contributed by atoms with Gasteiger partial charge in [-0.25, -0.2) is 0 Å². The Labute approximate surface area is 109 Å². The van der Waals surface area contributed by atoms with Gasteiger partial charge in [-0.15, -0.1) is 0 Å². The Kier molecular flexibility index (Phi) is 3.65. The van der Waals surface area contributed by atoms with E-state index in [1.807, 2.05) is 6.92 Å². The van der Waals surface area contributed by atoms with Gasteiger partial charge < -0.3 is 15.1 Å². The average Bonchev–Trinajstić information content (AvgIpc) is 3.01. The van der Waals surface area contributed by atoms with Gasteiger partial charge in [-0.05, 0) is 26.0 Å². The van der Waals surface area contributed by atoms with Crippen molar-refractivity contribution in [2.45, 2.75) is 19.9 Å². The largest absolute Gasteiger partial charge is 0.459 e. The summed E-state index contributed by atoms with van der Waals surface area (Å²) < 4.78 is 4.94. The van der Waals surface area contributed by atoms with E-state index in [0.29, 0.717) is 5.82 Å². The lowest BCUT2D eigenvalue weighted by Crippen LogP contribution is -2.41. The van der Waals surface area contributed by atoms with Crippen molar-refractivity contribution in [3.8, 4) is 0 Å². The third-order valence-electron chi connectivity index (χ3n) is 2.56. The van der Waals surface area contributed by atoms with Crippen LogP contribution in [0, 0.1) is 6.92 Å². The van der Waals surface area contributed by atoms with E-state index < -0.39 is 11.9 Å². The van der Waals surface area contributed by atoms with Gasteiger partial charge in [0.15, 0.2) is 5.76 Å². The number of hydrogen-bond acceptors (Lipinski definition) is 4. The van der Waals surface area contributed by atoms with E-state index in [1.165, 1.54) is 12.3 Å². The molecule has 19 heavy (non-hydrogen) atoms. The zero-order valence-corrected chi connectivity index (χ0v) is 10.6. The summed E-state index contributed by atoms with van der Waals surface area (Å²) in [7, 11) is 0. The monoisotopic (exact) mass is 262 g/mol. The SMILES string of the molecule is Cc1cn[nH]c1NC(=O)C(C)NC(=O)c1ccco1. The Morgan fingerprint density at radius 3 is 2.84 bits per heavy atom. The number of carbonyl (C=O) groups is 2. The molecule has 0 radical (unpaired) electrons. The van der Waals surface area contributed by atoms with Crippen LogP contribution in [0.15, 0.2) is 29.0 Å². The number of furan rings is 1. The zero-order valence-electron chi connectivity index (χ0n) is 10.6. The van der Waals surface area contributed by atoms with Gasteiger partial charge in [0.25, 0.3) is 5.91 Å². The van der Waals surface area contributed by atoms with Crippen molar-refractivity contribution >= 4 is 17.6 Å². The third-order valence-corrected chi connectivity index (χ3v) is 2.56. The second kappa shape index (κ2) is 5.38. The number of anilines is 1. The molecule has 100 valence electrons. The number of rotatable bonds is 4. The summed E-state index contributed by atoms with van der Waals surface area (Å²) in [4.78, 5) is 23.5. The average molecular weight is 262 g/mol. The van der Waals surface area contributed by atoms with Crippen LogP contribution in [0.2, 0.25) is 0 Å². The smallest absolute Gasteiger partial charge is 0.287 e. The number of aromatic nitrogens is 2. The lowest BCUT2D eigenvalue weighted by Gasteiger charge is -2.12. The van der Waals surface area contributed by atoms with Crippen LogP contribution in [0.3, 0.4) is 0 Å². The lowest BCUT2D eigenvalue weighted by atomic mass is 10.3. The molecule has 0 saturated carbocycles. The highest BCUT2D eigenvalue weighted by Crippen LogP contribution is 2.08. The van der Waals surface area contributed by atoms with E-state index in [2.05, 4.69) is 20.8 Å². The highest BCUT2D eigenvalue weighted by atomic mass is 16.3. The number of hydrogen-bond donors (Lipinski definition) is 3. The number of carbonyl (C=O) groups excluding carboxylic acids is 2. The fourth-order valence-electron chi connectivity index (χ4n) is 1.45. The van der Waals surface area contributed by atoms with E-state index in [9.17, 15) is 9.59 Å². The quantitative estimate of drug-likeness (QED) is 0.767. The van der Waals surface area contributed by atoms with Gasteiger partial charge in [0.05, 0.1) is 12.5 Å². The van der Waals surface area contributed by atoms with E-state index in [4.69, 9.17) is 4.42 Å². The second-order valence-electron chi connectivity index (χ2n) is 4.09. The standard InChI is InChI=1S/C12H14N4O3/c1-7-6-13-16-10(7)15-11(17)8(2)14-12(18)9-4-3-5-19-9/h3-6,8H,1-2H3,(H,14,18)(H2,13,15,16,17). The molecule has 2 amide bonds. The van der Waals surface area contributed by atoms with Crippen LogP contribution in [-0.4, -0.2) is 28.1 Å². The van der Waals surface area contributed by atoms with Gasteiger partial charge in [-0.3, -0.25) is 14.7 Å². The first-order chi connectivity index (χ1) is 9.08. The normalized spacial score (nSPS) is 11.9. The van der Waals surface area contributed by atoms with Crippen LogP contribution in [0.25, 0.3) is 0 Å². The van der Waals surface area contributed by atoms with Gasteiger partial charge in [0.1, 0.15) is 11.9 Å². The van der Waals surface area contributed by atoms with Crippen LogP contribution >= 0.6 is 0 Å². The van der Waals surface area contributed by atoms with Crippen LogP contribution in [0.4, 0.5) is 5.82 Å². The molecule has 7 nitrogen and oxygen atoms in total. The Hall–Kier alpha value is -2.57. The Morgan fingerprint density at radius 2 is 2.26 bits per heavy atom. The van der Waals surface area contributed by atoms with Gasteiger partial charge in [-0.2, -0.15) is 5.10 Å². The van der Waals surface area contributed by atoms with Crippen molar-refractivity contribution < 1.29 is 14.0 Å². The molecule has 0 aliphatic heterocycles. The minimum absolute atomic E-state index is 0.164. The highest BCUT2D eigenvalue weighted by Gasteiger charge is 2.18. The number of nitrogens with one attached hydrogen (secondary N) is 3. The molecular formula is C12H14N4O3. The fourth-order valence-corrected chi connectivity index (χ4v) is 1.45. The molecule has 1 unspecified atom stereocenters. The third kappa shape index (κ3) is 3.01. The van der Waals surface area contributed by atoms with Gasteiger partial charge in [0.2, 0.25) is 5.91 Å². The Balaban J connectivity index is 1.93. The summed E-state index contributed by atoms with van der Waals surface area (Å²) >= 11 is 0. The van der Waals surface area contributed by atoms with Crippen molar-refractivity contribution in [3.63, 3.8) is 0 Å². The molecule has 2 rings (SSSR count). The van der Waals surface area contributed by atoms with Gasteiger partial charge >= 0.3 is 0 Å². The van der Waals surface area contributed by atoms with Crippen molar-refractivity contribution in [2.75, 3.05) is 5.32 Å². The maximum absolute atomic E-state index is 11.9. The van der Waals surface area contributed by atoms with E-state index in [0.717, 1.165) is 5.56 Å². The molecular weight excluding hydrogens is 248 g/mol. The Bertz CT molecular complexity index is 574. The maximum atomic E-state index is 11.9. The molecule has 0 aliphatic rings. The minimum Gasteiger partial charge on any atom is -0.459 e. The first-order valence-corrected chi connectivity index (χ1v) is 5.73. The fraction of sp³-hybridized carbons (Fsp3) is 0.250. The molecule has 1 atom stereocenters. The highest BCUT2D eigenvalue weighted by molar-refractivity contribution is 5.99. The van der Waals surface area contributed by atoms with E-state index in [-0.39, 0.29) is 11.7 Å². The molecule has 2 heterocycles.